The van der Waals surface area contributed by atoms with E-state index in [1.165, 1.54) is 0 Å². The fourth-order valence-corrected chi connectivity index (χ4v) is 3.68. The number of terminal acetylenes is 1. The molecule has 146 valence electrons. The lowest BCUT2D eigenvalue weighted by Crippen LogP contribution is -2.24. The van der Waals surface area contributed by atoms with Crippen molar-refractivity contribution in [2.45, 2.75) is 12.3 Å². The molecular weight excluding hydrogens is 390 g/mol. The first-order chi connectivity index (χ1) is 14.1. The fourth-order valence-electron chi connectivity index (χ4n) is 3.46. The van der Waals surface area contributed by atoms with Gasteiger partial charge in [0.2, 0.25) is 5.91 Å². The zero-order valence-electron chi connectivity index (χ0n) is 15.7. The van der Waals surface area contributed by atoms with Gasteiger partial charge in [0.15, 0.2) is 11.5 Å². The molecule has 7 heteroatoms. The molecule has 0 saturated carbocycles. The summed E-state index contributed by atoms with van der Waals surface area (Å²) in [7, 11) is 1.57. The second-order valence-corrected chi connectivity index (χ2v) is 6.93. The van der Waals surface area contributed by atoms with Crippen LogP contribution in [0, 0.1) is 12.3 Å². The van der Waals surface area contributed by atoms with Crippen molar-refractivity contribution in [1.82, 2.24) is 9.78 Å². The third-order valence-corrected chi connectivity index (χ3v) is 5.12. The quantitative estimate of drug-likeness (QED) is 0.649. The van der Waals surface area contributed by atoms with Crippen molar-refractivity contribution in [2.24, 2.45) is 0 Å². The standard InChI is InChI=1S/C22H18ClN3O3/c1-3-10-29-19-9-8-14(11-20(19)28-2)15-12-21(27)25-22-16(15)13-24-26(22)18-7-5-4-6-17(18)23/h1,4-9,11,13,15H,10,12H2,2H3,(H,25,27). The van der Waals surface area contributed by atoms with Gasteiger partial charge >= 0.3 is 0 Å². The summed E-state index contributed by atoms with van der Waals surface area (Å²) < 4.78 is 12.6. The summed E-state index contributed by atoms with van der Waals surface area (Å²) in [5.41, 5.74) is 2.53. The maximum atomic E-state index is 12.5. The maximum Gasteiger partial charge on any atom is 0.226 e. The van der Waals surface area contributed by atoms with E-state index < -0.39 is 0 Å². The van der Waals surface area contributed by atoms with Gasteiger partial charge in [0, 0.05) is 17.9 Å². The number of hydrogen-bond donors (Lipinski definition) is 1. The number of benzene rings is 2. The number of nitrogens with one attached hydrogen (secondary N) is 1. The summed E-state index contributed by atoms with van der Waals surface area (Å²) in [6.07, 6.45) is 7.33. The van der Waals surface area contributed by atoms with Crippen molar-refractivity contribution in [2.75, 3.05) is 19.0 Å². The number of aromatic nitrogens is 2. The molecule has 2 heterocycles. The van der Waals surface area contributed by atoms with Crippen LogP contribution in [0.25, 0.3) is 5.69 Å². The molecule has 3 aromatic rings. The van der Waals surface area contributed by atoms with Crippen molar-refractivity contribution in [1.29, 1.82) is 0 Å². The van der Waals surface area contributed by atoms with Crippen LogP contribution in [-0.4, -0.2) is 29.4 Å². The van der Waals surface area contributed by atoms with Gasteiger partial charge in [-0.2, -0.15) is 5.10 Å². The van der Waals surface area contributed by atoms with Crippen LogP contribution in [0.2, 0.25) is 5.02 Å². The van der Waals surface area contributed by atoms with E-state index in [-0.39, 0.29) is 18.4 Å². The number of ether oxygens (including phenoxy) is 2. The third kappa shape index (κ3) is 3.53. The number of carbonyl (C=O) groups is 1. The number of methoxy groups -OCH3 is 1. The number of para-hydroxylation sites is 1. The molecule has 0 fully saturated rings. The van der Waals surface area contributed by atoms with Gasteiger partial charge in [-0.15, -0.1) is 6.42 Å². The number of fused-ring (bicyclic) bond motifs is 1. The summed E-state index contributed by atoms with van der Waals surface area (Å²) in [6, 6.07) is 12.9. The molecule has 0 radical (unpaired) electrons. The number of halogens is 1. The van der Waals surface area contributed by atoms with Crippen LogP contribution in [0.4, 0.5) is 5.82 Å². The molecule has 6 nitrogen and oxygen atoms in total. The molecule has 0 bridgehead atoms. The lowest BCUT2D eigenvalue weighted by molar-refractivity contribution is -0.116. The number of nitrogens with zero attached hydrogens (tertiary/aromatic N) is 2. The van der Waals surface area contributed by atoms with Gasteiger partial charge in [0.05, 0.1) is 24.0 Å². The Kier molecular flexibility index (Phi) is 5.15. The predicted molar refractivity (Wildman–Crippen MR) is 111 cm³/mol. The molecule has 1 aliphatic heterocycles. The van der Waals surface area contributed by atoms with Crippen molar-refractivity contribution in [3.05, 3.63) is 64.8 Å². The molecule has 0 aliphatic carbocycles. The van der Waals surface area contributed by atoms with Gasteiger partial charge in [0.1, 0.15) is 12.4 Å². The Morgan fingerprint density at radius 2 is 2.14 bits per heavy atom. The SMILES string of the molecule is C#CCOc1ccc(C2CC(=O)Nc3c2cnn3-c2ccccc2Cl)cc1OC. The minimum Gasteiger partial charge on any atom is -0.493 e. The third-order valence-electron chi connectivity index (χ3n) is 4.80. The molecule has 0 saturated heterocycles. The van der Waals surface area contributed by atoms with Crippen molar-refractivity contribution in [3.8, 4) is 29.5 Å². The Labute approximate surface area is 173 Å². The highest BCUT2D eigenvalue weighted by atomic mass is 35.5. The van der Waals surface area contributed by atoms with Crippen LogP contribution in [-0.2, 0) is 4.79 Å². The highest BCUT2D eigenvalue weighted by Gasteiger charge is 2.31. The lowest BCUT2D eigenvalue weighted by atomic mass is 9.87. The maximum absolute atomic E-state index is 12.5. The summed E-state index contributed by atoms with van der Waals surface area (Å²) in [4.78, 5) is 12.5. The van der Waals surface area contributed by atoms with Crippen molar-refractivity contribution >= 4 is 23.3 Å². The Bertz CT molecular complexity index is 1120. The second-order valence-electron chi connectivity index (χ2n) is 6.52. The van der Waals surface area contributed by atoms with Crippen LogP contribution in [0.3, 0.4) is 0 Å². The summed E-state index contributed by atoms with van der Waals surface area (Å²) >= 11 is 6.33. The minimum absolute atomic E-state index is 0.0945. The highest BCUT2D eigenvalue weighted by molar-refractivity contribution is 6.32. The van der Waals surface area contributed by atoms with E-state index in [1.807, 2.05) is 30.3 Å². The number of hydrogen-bond acceptors (Lipinski definition) is 4. The second kappa shape index (κ2) is 7.90. The first-order valence-electron chi connectivity index (χ1n) is 8.99. The average molecular weight is 408 g/mol. The molecule has 1 amide bonds. The van der Waals surface area contributed by atoms with E-state index in [2.05, 4.69) is 16.3 Å². The average Bonchev–Trinajstić information content (AvgIpc) is 3.15. The van der Waals surface area contributed by atoms with Crippen LogP contribution in [0.5, 0.6) is 11.5 Å². The highest BCUT2D eigenvalue weighted by Crippen LogP contribution is 2.41. The number of rotatable bonds is 5. The largest absolute Gasteiger partial charge is 0.493 e. The molecule has 1 atom stereocenters. The van der Waals surface area contributed by atoms with Gasteiger partial charge < -0.3 is 14.8 Å². The van der Waals surface area contributed by atoms with E-state index in [4.69, 9.17) is 27.5 Å². The molecule has 0 spiro atoms. The zero-order chi connectivity index (χ0) is 20.4. The monoisotopic (exact) mass is 407 g/mol. The van der Waals surface area contributed by atoms with Crippen LogP contribution in [0.1, 0.15) is 23.5 Å². The molecular formula is C22H18ClN3O3. The lowest BCUT2D eigenvalue weighted by Gasteiger charge is -2.24. The molecule has 29 heavy (non-hydrogen) atoms. The molecule has 1 N–H and O–H groups in total. The van der Waals surface area contributed by atoms with Crippen molar-refractivity contribution < 1.29 is 14.3 Å². The smallest absolute Gasteiger partial charge is 0.226 e. The summed E-state index contributed by atoms with van der Waals surface area (Å²) in [5.74, 6) is 3.90. The van der Waals surface area contributed by atoms with Gasteiger partial charge in [-0.05, 0) is 29.8 Å². The van der Waals surface area contributed by atoms with Crippen LogP contribution in [0.15, 0.2) is 48.7 Å². The Hall–Kier alpha value is -3.43. The van der Waals surface area contributed by atoms with Crippen LogP contribution >= 0.6 is 11.6 Å². The Morgan fingerprint density at radius 1 is 1.31 bits per heavy atom. The molecule has 1 aromatic heterocycles. The van der Waals surface area contributed by atoms with Gasteiger partial charge in [-0.3, -0.25) is 4.79 Å². The van der Waals surface area contributed by atoms with E-state index in [0.29, 0.717) is 34.4 Å². The minimum atomic E-state index is -0.175. The van der Waals surface area contributed by atoms with E-state index in [9.17, 15) is 4.79 Å². The Morgan fingerprint density at radius 3 is 2.90 bits per heavy atom. The summed E-state index contributed by atoms with van der Waals surface area (Å²) in [5, 5.41) is 7.95. The number of anilines is 1. The number of amides is 1. The molecule has 1 unspecified atom stereocenters. The van der Waals surface area contributed by atoms with Crippen LogP contribution < -0.4 is 14.8 Å². The van der Waals surface area contributed by atoms with Gasteiger partial charge in [-0.1, -0.05) is 35.7 Å². The topological polar surface area (TPSA) is 65.4 Å². The molecule has 2 aromatic carbocycles. The van der Waals surface area contributed by atoms with E-state index in [0.717, 1.165) is 11.1 Å². The van der Waals surface area contributed by atoms with Gasteiger partial charge in [0.25, 0.3) is 0 Å². The predicted octanol–water partition coefficient (Wildman–Crippen LogP) is 4.02. The Balaban J connectivity index is 1.76. The number of carbonyl (C=O) groups excluding carboxylic acids is 1. The molecule has 1 aliphatic rings. The fraction of sp³-hybridized carbons (Fsp3) is 0.182. The zero-order valence-corrected chi connectivity index (χ0v) is 16.4. The first-order valence-corrected chi connectivity index (χ1v) is 9.37. The normalized spacial score (nSPS) is 15.2. The van der Waals surface area contributed by atoms with E-state index in [1.54, 1.807) is 30.1 Å². The van der Waals surface area contributed by atoms with Gasteiger partial charge in [-0.25, -0.2) is 4.68 Å². The van der Waals surface area contributed by atoms with Crippen molar-refractivity contribution in [3.63, 3.8) is 0 Å². The molecule has 4 rings (SSSR count). The van der Waals surface area contributed by atoms with E-state index >= 15 is 0 Å². The first kappa shape index (κ1) is 18.9. The summed E-state index contributed by atoms with van der Waals surface area (Å²) in [6.45, 7) is 0.149.